The van der Waals surface area contributed by atoms with Crippen LogP contribution in [0.3, 0.4) is 0 Å². The number of carbonyl (C=O) groups is 1. The first kappa shape index (κ1) is 29.6. The molecule has 0 atom stereocenters. The Morgan fingerprint density at radius 2 is 1.86 bits per heavy atom. The van der Waals surface area contributed by atoms with Crippen LogP contribution >= 0.6 is 0 Å². The maximum Gasteiger partial charge on any atom is 0.253 e. The summed E-state index contributed by atoms with van der Waals surface area (Å²) in [6, 6.07) is 3.05. The molecule has 4 heterocycles. The average molecular weight is 603 g/mol. The number of sulfone groups is 1. The second-order valence-corrected chi connectivity index (χ2v) is 15.2. The summed E-state index contributed by atoms with van der Waals surface area (Å²) in [5, 5.41) is 3.42. The molecule has 0 spiro atoms. The maximum atomic E-state index is 15.6. The number of nitrogens with two attached hydrogens (primary N) is 1. The van der Waals surface area contributed by atoms with Crippen molar-refractivity contribution < 1.29 is 27.1 Å². The number of amides is 1. The predicted molar refractivity (Wildman–Crippen MR) is 158 cm³/mol. The molecule has 2 aromatic rings. The summed E-state index contributed by atoms with van der Waals surface area (Å²) in [4.78, 5) is 15.2. The Hall–Kier alpha value is -2.47. The van der Waals surface area contributed by atoms with Gasteiger partial charge >= 0.3 is 0 Å². The maximum absolute atomic E-state index is 15.6. The van der Waals surface area contributed by atoms with E-state index in [1.54, 1.807) is 6.07 Å². The molecule has 42 heavy (non-hydrogen) atoms. The van der Waals surface area contributed by atoms with Crippen LogP contribution in [0, 0.1) is 11.2 Å². The predicted octanol–water partition coefficient (Wildman–Crippen LogP) is 4.33. The molecule has 1 saturated carbocycles. The number of rotatable bonds is 8. The van der Waals surface area contributed by atoms with Crippen molar-refractivity contribution >= 4 is 21.4 Å². The number of nitrogens with one attached hydrogen (secondary N) is 1. The molecule has 1 aliphatic carbocycles. The number of ether oxygens (including phenoxy) is 2. The van der Waals surface area contributed by atoms with Gasteiger partial charge in [0.2, 0.25) is 0 Å². The van der Waals surface area contributed by atoms with E-state index in [9.17, 15) is 13.2 Å². The molecule has 2 fully saturated rings. The molecule has 1 aromatic carbocycles. The van der Waals surface area contributed by atoms with Crippen LogP contribution in [0.1, 0.15) is 86.1 Å². The van der Waals surface area contributed by atoms with Gasteiger partial charge < -0.3 is 30.0 Å². The molecule has 0 radical (unpaired) electrons. The SMILES string of the molecule is CC1(C)Cc2c(c3c(n2-c2cc(F)c(C(N)=O)c(N[C@H]4CC[C@H](OCCN5CCCCC5)CC4)c2)COC3)S(=O)(=O)C1. The van der Waals surface area contributed by atoms with Crippen LogP contribution < -0.4 is 11.1 Å². The lowest BCUT2D eigenvalue weighted by atomic mass is 9.89. The lowest BCUT2D eigenvalue weighted by Crippen LogP contribution is -2.35. The highest BCUT2D eigenvalue weighted by Gasteiger charge is 2.43. The minimum Gasteiger partial charge on any atom is -0.382 e. The zero-order valence-electron chi connectivity index (χ0n) is 24.7. The topological polar surface area (TPSA) is 116 Å². The van der Waals surface area contributed by atoms with Crippen molar-refractivity contribution in [2.75, 3.05) is 37.3 Å². The number of fused-ring (bicyclic) bond motifs is 3. The van der Waals surface area contributed by atoms with Gasteiger partial charge in [-0.15, -0.1) is 0 Å². The number of halogens is 1. The van der Waals surface area contributed by atoms with E-state index in [0.29, 0.717) is 33.9 Å². The summed E-state index contributed by atoms with van der Waals surface area (Å²) < 4.78 is 56.1. The minimum absolute atomic E-state index is 0.0339. The Balaban J connectivity index is 1.23. The second kappa shape index (κ2) is 11.6. The van der Waals surface area contributed by atoms with Crippen LogP contribution in [-0.2, 0) is 38.9 Å². The van der Waals surface area contributed by atoms with E-state index in [1.165, 1.54) is 25.3 Å². The number of carbonyl (C=O) groups excluding carboxylic acids is 1. The van der Waals surface area contributed by atoms with Gasteiger partial charge in [0.1, 0.15) is 5.82 Å². The van der Waals surface area contributed by atoms with Crippen molar-refractivity contribution in [2.24, 2.45) is 11.1 Å². The third-order valence-corrected chi connectivity index (χ3v) is 11.5. The number of aromatic nitrogens is 1. The number of likely N-dealkylation sites (tertiary alicyclic amines) is 1. The fourth-order valence-corrected chi connectivity index (χ4v) is 9.74. The molecule has 4 aliphatic rings. The molecule has 230 valence electrons. The first-order valence-corrected chi connectivity index (χ1v) is 17.0. The van der Waals surface area contributed by atoms with Gasteiger partial charge in [-0.25, -0.2) is 12.8 Å². The lowest BCUT2D eigenvalue weighted by molar-refractivity contribution is 0.0123. The van der Waals surface area contributed by atoms with Gasteiger partial charge in [0, 0.05) is 23.8 Å². The molecular formula is C31H43FN4O5S. The first-order valence-electron chi connectivity index (χ1n) is 15.3. The fourth-order valence-electron chi connectivity index (χ4n) is 7.39. The monoisotopic (exact) mass is 602 g/mol. The lowest BCUT2D eigenvalue weighted by Gasteiger charge is -2.32. The smallest absolute Gasteiger partial charge is 0.253 e. The number of piperidine rings is 1. The molecule has 3 aliphatic heterocycles. The van der Waals surface area contributed by atoms with Gasteiger partial charge in [0.25, 0.3) is 5.91 Å². The molecule has 1 aromatic heterocycles. The molecule has 0 unspecified atom stereocenters. The Kier molecular flexibility index (Phi) is 8.14. The zero-order chi connectivity index (χ0) is 29.6. The number of hydrogen-bond acceptors (Lipinski definition) is 7. The van der Waals surface area contributed by atoms with E-state index in [-0.39, 0.29) is 36.7 Å². The van der Waals surface area contributed by atoms with Crippen LogP contribution in [0.4, 0.5) is 10.1 Å². The highest BCUT2D eigenvalue weighted by Crippen LogP contribution is 2.44. The fraction of sp³-hybridized carbons (Fsp3) is 0.645. The molecule has 11 heteroatoms. The first-order chi connectivity index (χ1) is 20.0. The third-order valence-electron chi connectivity index (χ3n) is 9.27. The van der Waals surface area contributed by atoms with Crippen molar-refractivity contribution in [1.82, 2.24) is 9.47 Å². The van der Waals surface area contributed by atoms with Crippen LogP contribution in [0.5, 0.6) is 0 Å². The summed E-state index contributed by atoms with van der Waals surface area (Å²) >= 11 is 0. The number of anilines is 1. The number of hydrogen-bond donors (Lipinski definition) is 2. The molecule has 3 N–H and O–H groups in total. The third kappa shape index (κ3) is 5.85. The summed E-state index contributed by atoms with van der Waals surface area (Å²) in [7, 11) is -3.54. The Morgan fingerprint density at radius 1 is 1.12 bits per heavy atom. The van der Waals surface area contributed by atoms with E-state index in [1.807, 2.05) is 18.4 Å². The van der Waals surface area contributed by atoms with Crippen LogP contribution in [-0.4, -0.2) is 67.9 Å². The van der Waals surface area contributed by atoms with E-state index in [4.69, 9.17) is 15.2 Å². The standard InChI is InChI=1S/C31H43FN4O5S/c1-31(2)16-26-29(42(38,39)19-31)23-17-40-18-27(23)36(26)21-14-24(32)28(30(33)37)25(15-21)34-20-6-8-22(9-7-20)41-13-12-35-10-4-3-5-11-35/h14-15,20,22,34H,3-13,16-19H2,1-2H3,(H2,33,37)/t20-,22-. The van der Waals surface area contributed by atoms with Crippen molar-refractivity contribution in [3.8, 4) is 5.69 Å². The van der Waals surface area contributed by atoms with E-state index in [0.717, 1.165) is 57.6 Å². The van der Waals surface area contributed by atoms with Crippen molar-refractivity contribution in [2.45, 2.75) is 95.5 Å². The van der Waals surface area contributed by atoms with Crippen LogP contribution in [0.25, 0.3) is 5.69 Å². The number of nitrogens with zero attached hydrogens (tertiary/aromatic N) is 2. The van der Waals surface area contributed by atoms with E-state index < -0.39 is 27.0 Å². The Bertz CT molecular complexity index is 1460. The molecule has 6 rings (SSSR count). The quantitative estimate of drug-likeness (QED) is 0.462. The van der Waals surface area contributed by atoms with Gasteiger partial charge in [0.05, 0.1) is 59.2 Å². The molecule has 1 amide bonds. The molecular weight excluding hydrogens is 559 g/mol. The Morgan fingerprint density at radius 3 is 2.57 bits per heavy atom. The van der Waals surface area contributed by atoms with Crippen molar-refractivity contribution in [1.29, 1.82) is 0 Å². The summed E-state index contributed by atoms with van der Waals surface area (Å²) in [5.41, 5.74) is 7.83. The summed E-state index contributed by atoms with van der Waals surface area (Å²) in [6.45, 7) is 8.35. The van der Waals surface area contributed by atoms with E-state index in [2.05, 4.69) is 10.2 Å². The minimum atomic E-state index is -3.54. The van der Waals surface area contributed by atoms with Crippen molar-refractivity contribution in [3.05, 3.63) is 40.5 Å². The number of primary amides is 1. The van der Waals surface area contributed by atoms with Crippen molar-refractivity contribution in [3.63, 3.8) is 0 Å². The highest BCUT2D eigenvalue weighted by atomic mass is 32.2. The Labute approximate surface area is 247 Å². The van der Waals surface area contributed by atoms with Gasteiger partial charge in [0.15, 0.2) is 9.84 Å². The second-order valence-electron chi connectivity index (χ2n) is 13.2. The van der Waals surface area contributed by atoms with Gasteiger partial charge in [-0.3, -0.25) is 4.79 Å². The highest BCUT2D eigenvalue weighted by molar-refractivity contribution is 7.91. The summed E-state index contributed by atoms with van der Waals surface area (Å²) in [5.74, 6) is -1.52. The average Bonchev–Trinajstić information content (AvgIpc) is 3.49. The van der Waals surface area contributed by atoms with E-state index >= 15 is 4.39 Å². The van der Waals surface area contributed by atoms with Crippen LogP contribution in [0.2, 0.25) is 0 Å². The van der Waals surface area contributed by atoms with Gasteiger partial charge in [-0.2, -0.15) is 0 Å². The molecule has 9 nitrogen and oxygen atoms in total. The largest absolute Gasteiger partial charge is 0.382 e. The van der Waals surface area contributed by atoms with Gasteiger partial charge in [-0.05, 0) is 75.6 Å². The summed E-state index contributed by atoms with van der Waals surface area (Å²) in [6.07, 6.45) is 8.01. The molecule has 0 bridgehead atoms. The normalized spacial score (nSPS) is 25.1. The number of benzene rings is 1. The molecule has 1 saturated heterocycles. The zero-order valence-corrected chi connectivity index (χ0v) is 25.5. The van der Waals surface area contributed by atoms with Gasteiger partial charge in [-0.1, -0.05) is 20.3 Å². The van der Waals surface area contributed by atoms with Crippen LogP contribution in [0.15, 0.2) is 17.0 Å².